The van der Waals surface area contributed by atoms with Crippen molar-refractivity contribution in [1.29, 1.82) is 0 Å². The summed E-state index contributed by atoms with van der Waals surface area (Å²) < 4.78 is 75.9. The zero-order valence-electron chi connectivity index (χ0n) is 10.4. The quantitative estimate of drug-likeness (QED) is 0.762. The molecule has 1 aliphatic heterocycles. The van der Waals surface area contributed by atoms with Crippen LogP contribution in [0, 0.1) is 5.92 Å². The van der Waals surface area contributed by atoms with E-state index in [0.29, 0.717) is 0 Å². The fourth-order valence-corrected chi connectivity index (χ4v) is 2.40. The van der Waals surface area contributed by atoms with Crippen molar-refractivity contribution in [3.8, 4) is 0 Å². The Bertz CT molecular complexity index is 465. The van der Waals surface area contributed by atoms with Crippen LogP contribution in [0.25, 0.3) is 0 Å². The van der Waals surface area contributed by atoms with Crippen molar-refractivity contribution in [2.24, 2.45) is 5.92 Å². The summed E-state index contributed by atoms with van der Waals surface area (Å²) in [6.45, 7) is 0.144. The molecule has 20 heavy (non-hydrogen) atoms. The molecule has 1 N–H and O–H groups in total. The summed E-state index contributed by atoms with van der Waals surface area (Å²) in [5.41, 5.74) is -0.597. The molecule has 0 amide bonds. The van der Waals surface area contributed by atoms with E-state index in [-0.39, 0.29) is 24.9 Å². The van der Waals surface area contributed by atoms with Crippen LogP contribution in [0.2, 0.25) is 0 Å². The van der Waals surface area contributed by atoms with Gasteiger partial charge in [0.2, 0.25) is 0 Å². The summed E-state index contributed by atoms with van der Waals surface area (Å²) in [6.07, 6.45) is -9.07. The Balaban J connectivity index is 2.19. The van der Waals surface area contributed by atoms with Gasteiger partial charge in [0, 0.05) is 6.04 Å². The second-order valence-corrected chi connectivity index (χ2v) is 4.89. The van der Waals surface area contributed by atoms with Gasteiger partial charge < -0.3 is 5.32 Å². The van der Waals surface area contributed by atoms with E-state index < -0.39 is 29.9 Å². The summed E-state index contributed by atoms with van der Waals surface area (Å²) in [4.78, 5) is 0. The molecule has 2 rings (SSSR count). The zero-order valence-corrected chi connectivity index (χ0v) is 10.4. The molecule has 1 saturated heterocycles. The maximum absolute atomic E-state index is 12.7. The standard InChI is InChI=1S/C13H13F6N/c14-12(15,16)9-3-1-2-8(6-9)11-7-10(4-5-20-11)13(17,18)19/h1-3,6,10-11,20H,4-5,7H2. The van der Waals surface area contributed by atoms with Crippen molar-refractivity contribution < 1.29 is 26.3 Å². The molecular weight excluding hydrogens is 284 g/mol. The maximum atomic E-state index is 12.7. The summed E-state index contributed by atoms with van der Waals surface area (Å²) in [5.74, 6) is -1.47. The van der Waals surface area contributed by atoms with Crippen LogP contribution >= 0.6 is 0 Å². The Morgan fingerprint density at radius 3 is 2.35 bits per heavy atom. The highest BCUT2D eigenvalue weighted by atomic mass is 19.4. The summed E-state index contributed by atoms with van der Waals surface area (Å²) in [5, 5.41) is 2.85. The van der Waals surface area contributed by atoms with E-state index in [1.807, 2.05) is 0 Å². The minimum Gasteiger partial charge on any atom is -0.310 e. The lowest BCUT2D eigenvalue weighted by molar-refractivity contribution is -0.183. The molecule has 7 heteroatoms. The van der Waals surface area contributed by atoms with Gasteiger partial charge in [0.15, 0.2) is 0 Å². The van der Waals surface area contributed by atoms with E-state index >= 15 is 0 Å². The van der Waals surface area contributed by atoms with Crippen LogP contribution in [0.4, 0.5) is 26.3 Å². The average molecular weight is 297 g/mol. The minimum atomic E-state index is -4.49. The van der Waals surface area contributed by atoms with E-state index in [4.69, 9.17) is 0 Å². The third-order valence-corrected chi connectivity index (χ3v) is 3.48. The normalized spacial score (nSPS) is 24.7. The SMILES string of the molecule is FC(F)(F)c1cccc(C2CC(C(F)(F)F)CCN2)c1. The molecule has 1 aliphatic rings. The van der Waals surface area contributed by atoms with Gasteiger partial charge in [-0.1, -0.05) is 12.1 Å². The van der Waals surface area contributed by atoms with Crippen molar-refractivity contribution >= 4 is 0 Å². The summed E-state index contributed by atoms with van der Waals surface area (Å²) in [7, 11) is 0. The first-order chi connectivity index (χ1) is 9.18. The van der Waals surface area contributed by atoms with Crippen molar-refractivity contribution in [2.45, 2.75) is 31.2 Å². The number of rotatable bonds is 1. The number of nitrogens with one attached hydrogen (secondary N) is 1. The molecule has 1 heterocycles. The molecule has 0 radical (unpaired) electrons. The lowest BCUT2D eigenvalue weighted by atomic mass is 9.88. The highest BCUT2D eigenvalue weighted by Gasteiger charge is 2.42. The zero-order chi connectivity index (χ0) is 15.0. The molecule has 0 aromatic heterocycles. The van der Waals surface area contributed by atoms with E-state index in [2.05, 4.69) is 5.32 Å². The van der Waals surface area contributed by atoms with Gasteiger partial charge in [0.05, 0.1) is 11.5 Å². The van der Waals surface area contributed by atoms with Gasteiger partial charge in [-0.2, -0.15) is 26.3 Å². The van der Waals surface area contributed by atoms with E-state index in [1.165, 1.54) is 12.1 Å². The minimum absolute atomic E-state index is 0.0427. The molecule has 0 spiro atoms. The molecule has 112 valence electrons. The van der Waals surface area contributed by atoms with Crippen LogP contribution in [0.5, 0.6) is 0 Å². The number of piperidine rings is 1. The lowest BCUT2D eigenvalue weighted by Gasteiger charge is -2.32. The first kappa shape index (κ1) is 15.2. The molecule has 0 saturated carbocycles. The van der Waals surface area contributed by atoms with Crippen LogP contribution in [-0.2, 0) is 6.18 Å². The molecule has 1 fully saturated rings. The second-order valence-electron chi connectivity index (χ2n) is 4.89. The van der Waals surface area contributed by atoms with E-state index in [9.17, 15) is 26.3 Å². The molecule has 0 bridgehead atoms. The number of hydrogen-bond donors (Lipinski definition) is 1. The summed E-state index contributed by atoms with van der Waals surface area (Å²) >= 11 is 0. The van der Waals surface area contributed by atoms with Gasteiger partial charge in [0.25, 0.3) is 0 Å². The Labute approximate surface area is 112 Å². The lowest BCUT2D eigenvalue weighted by Crippen LogP contribution is -2.38. The van der Waals surface area contributed by atoms with E-state index in [1.54, 1.807) is 0 Å². The second kappa shape index (κ2) is 5.27. The van der Waals surface area contributed by atoms with Gasteiger partial charge in [-0.25, -0.2) is 0 Å². The van der Waals surface area contributed by atoms with Crippen LogP contribution in [0.15, 0.2) is 24.3 Å². The number of benzene rings is 1. The molecular formula is C13H13F6N. The fraction of sp³-hybridized carbons (Fsp3) is 0.538. The van der Waals surface area contributed by atoms with Crippen molar-refractivity contribution in [3.63, 3.8) is 0 Å². The Morgan fingerprint density at radius 2 is 1.75 bits per heavy atom. The van der Waals surface area contributed by atoms with Gasteiger partial charge >= 0.3 is 12.4 Å². The van der Waals surface area contributed by atoms with Crippen LogP contribution in [0.3, 0.4) is 0 Å². The maximum Gasteiger partial charge on any atom is 0.416 e. The first-order valence-corrected chi connectivity index (χ1v) is 6.15. The third-order valence-electron chi connectivity index (χ3n) is 3.48. The number of hydrogen-bond acceptors (Lipinski definition) is 1. The van der Waals surface area contributed by atoms with Gasteiger partial charge in [-0.15, -0.1) is 0 Å². The van der Waals surface area contributed by atoms with Crippen molar-refractivity contribution in [2.75, 3.05) is 6.54 Å². The number of alkyl halides is 6. The Hall–Kier alpha value is -1.24. The Morgan fingerprint density at radius 1 is 1.05 bits per heavy atom. The molecule has 1 nitrogen and oxygen atoms in total. The van der Waals surface area contributed by atoms with E-state index in [0.717, 1.165) is 12.1 Å². The third kappa shape index (κ3) is 3.45. The molecule has 2 unspecified atom stereocenters. The first-order valence-electron chi connectivity index (χ1n) is 6.15. The molecule has 2 atom stereocenters. The largest absolute Gasteiger partial charge is 0.416 e. The van der Waals surface area contributed by atoms with Crippen LogP contribution in [0.1, 0.15) is 30.0 Å². The molecule has 1 aromatic carbocycles. The highest BCUT2D eigenvalue weighted by molar-refractivity contribution is 5.28. The topological polar surface area (TPSA) is 12.0 Å². The predicted molar refractivity (Wildman–Crippen MR) is 61.0 cm³/mol. The highest BCUT2D eigenvalue weighted by Crippen LogP contribution is 2.39. The number of halogens is 6. The molecule has 1 aromatic rings. The smallest absolute Gasteiger partial charge is 0.310 e. The van der Waals surface area contributed by atoms with Crippen molar-refractivity contribution in [1.82, 2.24) is 5.32 Å². The average Bonchev–Trinajstić information content (AvgIpc) is 2.37. The fourth-order valence-electron chi connectivity index (χ4n) is 2.40. The molecule has 0 aliphatic carbocycles. The van der Waals surface area contributed by atoms with Crippen LogP contribution in [-0.4, -0.2) is 12.7 Å². The van der Waals surface area contributed by atoms with Crippen molar-refractivity contribution in [3.05, 3.63) is 35.4 Å². The Kier molecular flexibility index (Phi) is 4.00. The predicted octanol–water partition coefficient (Wildman–Crippen LogP) is 4.31. The monoisotopic (exact) mass is 297 g/mol. The van der Waals surface area contributed by atoms with Gasteiger partial charge in [0.1, 0.15) is 0 Å². The summed E-state index contributed by atoms with van der Waals surface area (Å²) in [6, 6.07) is 3.77. The van der Waals surface area contributed by atoms with Gasteiger partial charge in [-0.3, -0.25) is 0 Å². The van der Waals surface area contributed by atoms with Crippen LogP contribution < -0.4 is 5.32 Å². The van der Waals surface area contributed by atoms with Gasteiger partial charge in [-0.05, 0) is 37.1 Å².